The van der Waals surface area contributed by atoms with E-state index in [-0.39, 0.29) is 10.8 Å². The lowest BCUT2D eigenvalue weighted by atomic mass is 10.00. The van der Waals surface area contributed by atoms with Crippen LogP contribution in [-0.4, -0.2) is 40.1 Å². The second-order valence-electron chi connectivity index (χ2n) is 6.86. The van der Waals surface area contributed by atoms with Crippen LogP contribution in [0.1, 0.15) is 18.9 Å². The van der Waals surface area contributed by atoms with Gasteiger partial charge >= 0.3 is 6.09 Å². The first-order valence-electron chi connectivity index (χ1n) is 9.28. The molecule has 1 aliphatic heterocycles. The van der Waals surface area contributed by atoms with Gasteiger partial charge < -0.3 is 15.0 Å². The number of methoxy groups -OCH3 is 1. The van der Waals surface area contributed by atoms with Crippen LogP contribution < -0.4 is 14.9 Å². The van der Waals surface area contributed by atoms with E-state index >= 15 is 0 Å². The van der Waals surface area contributed by atoms with Crippen LogP contribution in [0.2, 0.25) is 5.02 Å². The standard InChI is InChI=1S/C20H22ClN3O5S/c1-13(24-11-3-4-14-12-15(21)5-10-18(14)24)19(25)22-16-6-8-17(9-7-16)30(27,28)23-20(26)29-2/h5-10,12-13H,3-4,11H2,1-2H3,(H,22,25)(H,23,26)/t13-/m1/s1. The Labute approximate surface area is 180 Å². The van der Waals surface area contributed by atoms with Crippen molar-refractivity contribution in [3.63, 3.8) is 0 Å². The average Bonchev–Trinajstić information content (AvgIpc) is 2.72. The third-order valence-electron chi connectivity index (χ3n) is 4.88. The number of carbonyl (C=O) groups is 2. The van der Waals surface area contributed by atoms with Crippen LogP contribution in [0.3, 0.4) is 0 Å². The number of sulfonamides is 1. The van der Waals surface area contributed by atoms with Crippen molar-refractivity contribution in [1.29, 1.82) is 0 Å². The van der Waals surface area contributed by atoms with Gasteiger partial charge in [0.05, 0.1) is 12.0 Å². The van der Waals surface area contributed by atoms with Gasteiger partial charge in [-0.25, -0.2) is 17.9 Å². The Bertz CT molecular complexity index is 1060. The molecule has 0 unspecified atom stereocenters. The van der Waals surface area contributed by atoms with Gasteiger partial charge in [-0.1, -0.05) is 11.6 Å². The molecule has 1 aliphatic rings. The topological polar surface area (TPSA) is 105 Å². The van der Waals surface area contributed by atoms with Crippen LogP contribution >= 0.6 is 11.6 Å². The van der Waals surface area contributed by atoms with Crippen molar-refractivity contribution < 1.29 is 22.7 Å². The molecule has 10 heteroatoms. The summed E-state index contributed by atoms with van der Waals surface area (Å²) in [7, 11) is -2.97. The van der Waals surface area contributed by atoms with E-state index in [2.05, 4.69) is 10.1 Å². The number of aryl methyl sites for hydroxylation is 1. The molecule has 0 bridgehead atoms. The smallest absolute Gasteiger partial charge is 0.420 e. The largest absolute Gasteiger partial charge is 0.452 e. The second kappa shape index (κ2) is 8.93. The number of hydrogen-bond acceptors (Lipinski definition) is 6. The Kier molecular flexibility index (Phi) is 6.52. The van der Waals surface area contributed by atoms with Crippen molar-refractivity contribution >= 4 is 45.0 Å². The molecule has 2 aromatic carbocycles. The number of carbonyl (C=O) groups excluding carboxylic acids is 2. The maximum atomic E-state index is 12.8. The zero-order chi connectivity index (χ0) is 21.9. The molecule has 1 atom stereocenters. The monoisotopic (exact) mass is 451 g/mol. The summed E-state index contributed by atoms with van der Waals surface area (Å²) in [5, 5.41) is 3.47. The Balaban J connectivity index is 1.70. The number of fused-ring (bicyclic) bond motifs is 1. The van der Waals surface area contributed by atoms with Crippen molar-refractivity contribution in [2.24, 2.45) is 0 Å². The van der Waals surface area contributed by atoms with Crippen LogP contribution in [-0.2, 0) is 26.0 Å². The van der Waals surface area contributed by atoms with Crippen LogP contribution in [0.5, 0.6) is 0 Å². The van der Waals surface area contributed by atoms with Crippen LogP contribution in [0.4, 0.5) is 16.2 Å². The van der Waals surface area contributed by atoms with E-state index in [4.69, 9.17) is 11.6 Å². The molecule has 2 amide bonds. The average molecular weight is 452 g/mol. The van der Waals surface area contributed by atoms with E-state index < -0.39 is 22.2 Å². The molecular weight excluding hydrogens is 430 g/mol. The summed E-state index contributed by atoms with van der Waals surface area (Å²) in [6.45, 7) is 2.57. The lowest BCUT2D eigenvalue weighted by Crippen LogP contribution is -2.44. The third-order valence-corrected chi connectivity index (χ3v) is 6.44. The molecule has 0 aliphatic carbocycles. The number of hydrogen-bond donors (Lipinski definition) is 2. The molecule has 0 spiro atoms. The molecule has 3 rings (SSSR count). The molecule has 0 saturated heterocycles. The zero-order valence-electron chi connectivity index (χ0n) is 16.5. The second-order valence-corrected chi connectivity index (χ2v) is 8.98. The lowest BCUT2D eigenvalue weighted by Gasteiger charge is -2.35. The Morgan fingerprint density at radius 2 is 1.87 bits per heavy atom. The fraction of sp³-hybridized carbons (Fsp3) is 0.300. The summed E-state index contributed by atoms with van der Waals surface area (Å²) in [6, 6.07) is 10.7. The predicted octanol–water partition coefficient (Wildman–Crippen LogP) is 3.16. The summed E-state index contributed by atoms with van der Waals surface area (Å²) >= 11 is 6.08. The Hall–Kier alpha value is -2.78. The van der Waals surface area contributed by atoms with Gasteiger partial charge in [-0.05, 0) is 67.8 Å². The fourth-order valence-corrected chi connectivity index (χ4v) is 4.42. The van der Waals surface area contributed by atoms with Crippen molar-refractivity contribution in [2.75, 3.05) is 23.9 Å². The Morgan fingerprint density at radius 3 is 2.53 bits per heavy atom. The molecular formula is C20H22ClN3O5S. The minimum atomic E-state index is -4.04. The van der Waals surface area contributed by atoms with Gasteiger partial charge in [0.15, 0.2) is 0 Å². The molecule has 0 radical (unpaired) electrons. The van der Waals surface area contributed by atoms with Gasteiger partial charge in [0.2, 0.25) is 5.91 Å². The molecule has 0 aromatic heterocycles. The highest BCUT2D eigenvalue weighted by Gasteiger charge is 2.26. The van der Waals surface area contributed by atoms with Crippen molar-refractivity contribution in [3.05, 3.63) is 53.1 Å². The summed E-state index contributed by atoms with van der Waals surface area (Å²) in [5.41, 5.74) is 2.54. The Morgan fingerprint density at radius 1 is 1.17 bits per heavy atom. The summed E-state index contributed by atoms with van der Waals surface area (Å²) in [6.07, 6.45) is 0.755. The molecule has 0 fully saturated rings. The molecule has 2 aromatic rings. The number of ether oxygens (including phenoxy) is 1. The highest BCUT2D eigenvalue weighted by molar-refractivity contribution is 7.90. The zero-order valence-corrected chi connectivity index (χ0v) is 18.1. The highest BCUT2D eigenvalue weighted by Crippen LogP contribution is 2.31. The number of nitrogens with zero attached hydrogens (tertiary/aromatic N) is 1. The van der Waals surface area contributed by atoms with Gasteiger partial charge in [-0.2, -0.15) is 0 Å². The maximum absolute atomic E-state index is 12.8. The number of benzene rings is 2. The van der Waals surface area contributed by atoms with Crippen molar-refractivity contribution in [2.45, 2.75) is 30.7 Å². The summed E-state index contributed by atoms with van der Waals surface area (Å²) < 4.78 is 30.2. The predicted molar refractivity (Wildman–Crippen MR) is 114 cm³/mol. The van der Waals surface area contributed by atoms with Gasteiger partial charge in [0.1, 0.15) is 6.04 Å². The van der Waals surface area contributed by atoms with E-state index in [1.54, 1.807) is 4.72 Å². The van der Waals surface area contributed by atoms with E-state index in [1.807, 2.05) is 30.0 Å². The summed E-state index contributed by atoms with van der Waals surface area (Å²) in [4.78, 5) is 25.9. The minimum Gasteiger partial charge on any atom is -0.452 e. The molecule has 30 heavy (non-hydrogen) atoms. The number of anilines is 2. The normalized spacial score (nSPS) is 14.4. The maximum Gasteiger partial charge on any atom is 0.420 e. The lowest BCUT2D eigenvalue weighted by molar-refractivity contribution is -0.117. The van der Waals surface area contributed by atoms with E-state index in [1.165, 1.54) is 24.3 Å². The van der Waals surface area contributed by atoms with Crippen LogP contribution in [0.25, 0.3) is 0 Å². The number of amides is 2. The van der Waals surface area contributed by atoms with Crippen LogP contribution in [0, 0.1) is 0 Å². The number of halogens is 1. The van der Waals surface area contributed by atoms with Gasteiger partial charge in [0.25, 0.3) is 10.0 Å². The molecule has 1 heterocycles. The summed E-state index contributed by atoms with van der Waals surface area (Å²) in [5.74, 6) is -0.221. The van der Waals surface area contributed by atoms with Crippen molar-refractivity contribution in [1.82, 2.24) is 4.72 Å². The van der Waals surface area contributed by atoms with E-state index in [9.17, 15) is 18.0 Å². The van der Waals surface area contributed by atoms with Gasteiger partial charge in [0, 0.05) is 22.9 Å². The molecule has 0 saturated carbocycles. The van der Waals surface area contributed by atoms with Crippen molar-refractivity contribution in [3.8, 4) is 0 Å². The first-order chi connectivity index (χ1) is 14.2. The number of nitrogens with one attached hydrogen (secondary N) is 2. The van der Waals surface area contributed by atoms with E-state index in [0.717, 1.165) is 37.7 Å². The first-order valence-corrected chi connectivity index (χ1v) is 11.1. The number of rotatable bonds is 5. The first kappa shape index (κ1) is 21.9. The molecule has 8 nitrogen and oxygen atoms in total. The molecule has 160 valence electrons. The quantitative estimate of drug-likeness (QED) is 0.723. The third kappa shape index (κ3) is 4.85. The van der Waals surface area contributed by atoms with Gasteiger partial charge in [-0.3, -0.25) is 4.79 Å². The minimum absolute atomic E-state index is 0.124. The van der Waals surface area contributed by atoms with E-state index in [0.29, 0.717) is 10.7 Å². The highest BCUT2D eigenvalue weighted by atomic mass is 35.5. The SMILES string of the molecule is COC(=O)NS(=O)(=O)c1ccc(NC(=O)[C@@H](C)N2CCCc3cc(Cl)ccc32)cc1. The molecule has 2 N–H and O–H groups in total. The van der Waals surface area contributed by atoms with Gasteiger partial charge in [-0.15, -0.1) is 0 Å². The van der Waals surface area contributed by atoms with Crippen LogP contribution in [0.15, 0.2) is 47.4 Å². The fourth-order valence-electron chi connectivity index (χ4n) is 3.31.